The molecule has 168 valence electrons. The zero-order chi connectivity index (χ0) is 23.0. The number of nitrogens with zero attached hydrogens (tertiary/aromatic N) is 3. The van der Waals surface area contributed by atoms with Gasteiger partial charge in [-0.05, 0) is 41.3 Å². The summed E-state index contributed by atoms with van der Waals surface area (Å²) in [5.74, 6) is 2.18. The van der Waals surface area contributed by atoms with E-state index < -0.39 is 0 Å². The first kappa shape index (κ1) is 22.8. The molecule has 0 unspecified atom stereocenters. The molecule has 0 radical (unpaired) electrons. The predicted molar refractivity (Wildman–Crippen MR) is 135 cm³/mol. The molecule has 33 heavy (non-hydrogen) atoms. The highest BCUT2D eigenvalue weighted by Crippen LogP contribution is 2.24. The lowest BCUT2D eigenvalue weighted by Crippen LogP contribution is -2.11. The number of carbonyl (C=O) groups excluding carboxylic acids is 1. The van der Waals surface area contributed by atoms with Gasteiger partial charge in [0.25, 0.3) is 5.91 Å². The quantitative estimate of drug-likeness (QED) is 0.311. The summed E-state index contributed by atoms with van der Waals surface area (Å²) in [4.78, 5) is 12.5. The van der Waals surface area contributed by atoms with Gasteiger partial charge in [0.05, 0.1) is 6.54 Å². The molecule has 1 amide bonds. The van der Waals surface area contributed by atoms with Crippen molar-refractivity contribution in [3.05, 3.63) is 107 Å². The number of rotatable bonds is 9. The molecule has 0 spiro atoms. The van der Waals surface area contributed by atoms with Gasteiger partial charge < -0.3 is 9.88 Å². The third-order valence-electron chi connectivity index (χ3n) is 5.18. The van der Waals surface area contributed by atoms with Crippen LogP contribution in [0.15, 0.2) is 90.1 Å². The molecule has 4 aromatic rings. The van der Waals surface area contributed by atoms with E-state index in [4.69, 9.17) is 0 Å². The van der Waals surface area contributed by atoms with Gasteiger partial charge in [-0.15, -0.1) is 10.2 Å². The van der Waals surface area contributed by atoms with Gasteiger partial charge in [0.15, 0.2) is 5.16 Å². The normalized spacial score (nSPS) is 11.0. The van der Waals surface area contributed by atoms with Crippen LogP contribution in [0.5, 0.6) is 0 Å². The highest BCUT2D eigenvalue weighted by atomic mass is 32.2. The summed E-state index contributed by atoms with van der Waals surface area (Å²) < 4.78 is 2.22. The minimum absolute atomic E-state index is 0.110. The summed E-state index contributed by atoms with van der Waals surface area (Å²) in [5.41, 5.74) is 3.80. The SMILES string of the molecule is CC(C)Cc1nnc(SCc2ccc(C(=O)Nc3ccccc3)cc2)n1Cc1ccccc1. The minimum Gasteiger partial charge on any atom is -0.322 e. The second-order valence-corrected chi connectivity index (χ2v) is 9.32. The Morgan fingerprint density at radius 3 is 2.21 bits per heavy atom. The molecule has 0 bridgehead atoms. The van der Waals surface area contributed by atoms with E-state index in [-0.39, 0.29) is 5.91 Å². The molecular formula is C27H28N4OS. The van der Waals surface area contributed by atoms with Crippen LogP contribution in [0.4, 0.5) is 5.69 Å². The van der Waals surface area contributed by atoms with Gasteiger partial charge in [0, 0.05) is 23.4 Å². The first-order chi connectivity index (χ1) is 16.1. The molecule has 0 aliphatic rings. The molecule has 0 saturated heterocycles. The van der Waals surface area contributed by atoms with Crippen LogP contribution in [-0.2, 0) is 18.7 Å². The lowest BCUT2D eigenvalue weighted by atomic mass is 10.1. The third-order valence-corrected chi connectivity index (χ3v) is 6.22. The molecule has 0 saturated carbocycles. The largest absolute Gasteiger partial charge is 0.322 e. The van der Waals surface area contributed by atoms with Crippen LogP contribution in [0.2, 0.25) is 0 Å². The van der Waals surface area contributed by atoms with Crippen LogP contribution in [-0.4, -0.2) is 20.7 Å². The van der Waals surface area contributed by atoms with Crippen LogP contribution >= 0.6 is 11.8 Å². The van der Waals surface area contributed by atoms with Crippen LogP contribution in [0.1, 0.15) is 41.2 Å². The van der Waals surface area contributed by atoms with Gasteiger partial charge in [-0.25, -0.2) is 0 Å². The second-order valence-electron chi connectivity index (χ2n) is 8.37. The average Bonchev–Trinajstić information content (AvgIpc) is 3.19. The molecule has 1 N–H and O–H groups in total. The number of para-hydroxylation sites is 1. The number of amides is 1. The van der Waals surface area contributed by atoms with Gasteiger partial charge in [-0.3, -0.25) is 4.79 Å². The number of thioether (sulfide) groups is 1. The Balaban J connectivity index is 1.43. The van der Waals surface area contributed by atoms with Crippen LogP contribution in [0.3, 0.4) is 0 Å². The van der Waals surface area contributed by atoms with E-state index >= 15 is 0 Å². The fourth-order valence-electron chi connectivity index (χ4n) is 3.49. The summed E-state index contributed by atoms with van der Waals surface area (Å²) in [6.07, 6.45) is 0.894. The van der Waals surface area contributed by atoms with Crippen molar-refractivity contribution in [3.8, 4) is 0 Å². The fraction of sp³-hybridized carbons (Fsp3) is 0.222. The van der Waals surface area contributed by atoms with Gasteiger partial charge in [0.2, 0.25) is 0 Å². The summed E-state index contributed by atoms with van der Waals surface area (Å²) >= 11 is 1.67. The molecule has 5 nitrogen and oxygen atoms in total. The summed E-state index contributed by atoms with van der Waals surface area (Å²) in [6, 6.07) is 27.6. The highest BCUT2D eigenvalue weighted by molar-refractivity contribution is 7.98. The maximum atomic E-state index is 12.5. The lowest BCUT2D eigenvalue weighted by Gasteiger charge is -2.12. The average molecular weight is 457 g/mol. The van der Waals surface area contributed by atoms with E-state index in [1.54, 1.807) is 11.8 Å². The number of hydrogen-bond acceptors (Lipinski definition) is 4. The number of carbonyl (C=O) groups is 1. The van der Waals surface area contributed by atoms with Crippen LogP contribution in [0.25, 0.3) is 0 Å². The number of anilines is 1. The molecule has 3 aromatic carbocycles. The fourth-order valence-corrected chi connectivity index (χ4v) is 4.40. The first-order valence-corrected chi connectivity index (χ1v) is 12.1. The monoisotopic (exact) mass is 456 g/mol. The smallest absolute Gasteiger partial charge is 0.255 e. The van der Waals surface area contributed by atoms with E-state index in [1.807, 2.05) is 60.7 Å². The Labute approximate surface area is 199 Å². The van der Waals surface area contributed by atoms with Crippen molar-refractivity contribution in [1.82, 2.24) is 14.8 Å². The molecule has 0 atom stereocenters. The first-order valence-electron chi connectivity index (χ1n) is 11.1. The summed E-state index contributed by atoms with van der Waals surface area (Å²) in [5, 5.41) is 12.8. The van der Waals surface area contributed by atoms with Crippen molar-refractivity contribution in [1.29, 1.82) is 0 Å². The van der Waals surface area contributed by atoms with Crippen molar-refractivity contribution in [2.45, 2.75) is 37.7 Å². The zero-order valence-electron chi connectivity index (χ0n) is 18.9. The molecule has 4 rings (SSSR count). The number of nitrogens with one attached hydrogen (secondary N) is 1. The molecule has 0 aliphatic carbocycles. The van der Waals surface area contributed by atoms with Gasteiger partial charge in [0.1, 0.15) is 5.82 Å². The lowest BCUT2D eigenvalue weighted by molar-refractivity contribution is 0.102. The van der Waals surface area contributed by atoms with Crippen molar-refractivity contribution < 1.29 is 4.79 Å². The predicted octanol–water partition coefficient (Wildman–Crippen LogP) is 6.07. The maximum Gasteiger partial charge on any atom is 0.255 e. The molecule has 1 heterocycles. The Kier molecular flexibility index (Phi) is 7.58. The van der Waals surface area contributed by atoms with Gasteiger partial charge >= 0.3 is 0 Å². The number of benzene rings is 3. The Morgan fingerprint density at radius 1 is 0.879 bits per heavy atom. The molecular weight excluding hydrogens is 428 g/mol. The van der Waals surface area contributed by atoms with E-state index in [9.17, 15) is 4.79 Å². The summed E-state index contributed by atoms with van der Waals surface area (Å²) in [7, 11) is 0. The number of aromatic nitrogens is 3. The van der Waals surface area contributed by atoms with Crippen molar-refractivity contribution in [2.24, 2.45) is 5.92 Å². The van der Waals surface area contributed by atoms with Gasteiger partial charge in [-0.1, -0.05) is 86.3 Å². The molecule has 0 aliphatic heterocycles. The minimum atomic E-state index is -0.110. The topological polar surface area (TPSA) is 59.8 Å². The zero-order valence-corrected chi connectivity index (χ0v) is 19.8. The van der Waals surface area contributed by atoms with E-state index in [0.717, 1.165) is 41.0 Å². The number of hydrogen-bond donors (Lipinski definition) is 1. The Bertz CT molecular complexity index is 1170. The van der Waals surface area contributed by atoms with Crippen LogP contribution in [0, 0.1) is 5.92 Å². The molecule has 6 heteroatoms. The van der Waals surface area contributed by atoms with Crippen molar-refractivity contribution >= 4 is 23.4 Å². The van der Waals surface area contributed by atoms with Crippen molar-refractivity contribution in [2.75, 3.05) is 5.32 Å². The maximum absolute atomic E-state index is 12.5. The van der Waals surface area contributed by atoms with Gasteiger partial charge in [-0.2, -0.15) is 0 Å². The van der Waals surface area contributed by atoms with E-state index in [2.05, 4.69) is 58.2 Å². The van der Waals surface area contributed by atoms with Crippen LogP contribution < -0.4 is 5.32 Å². The Hall–Kier alpha value is -3.38. The highest BCUT2D eigenvalue weighted by Gasteiger charge is 2.15. The molecule has 1 aromatic heterocycles. The molecule has 0 fully saturated rings. The van der Waals surface area contributed by atoms with E-state index in [0.29, 0.717) is 11.5 Å². The standard InChI is InChI=1S/C27H28N4OS/c1-20(2)17-25-29-30-27(31(25)18-21-9-5-3-6-10-21)33-19-22-13-15-23(16-14-22)26(32)28-24-11-7-4-8-12-24/h3-16,20H,17-19H2,1-2H3,(H,28,32). The van der Waals surface area contributed by atoms with Crippen molar-refractivity contribution in [3.63, 3.8) is 0 Å². The second kappa shape index (κ2) is 11.0. The summed E-state index contributed by atoms with van der Waals surface area (Å²) in [6.45, 7) is 5.16. The van der Waals surface area contributed by atoms with E-state index in [1.165, 1.54) is 5.56 Å². The Morgan fingerprint density at radius 2 is 1.55 bits per heavy atom. The third kappa shape index (κ3) is 6.33.